The van der Waals surface area contributed by atoms with Gasteiger partial charge in [0.15, 0.2) is 0 Å². The molecule has 196 valence electrons. The molecule has 3 aromatic carbocycles. The van der Waals surface area contributed by atoms with Crippen LogP contribution in [0.15, 0.2) is 90.4 Å². The molecule has 2 aliphatic rings. The quantitative estimate of drug-likeness (QED) is 0.468. The number of guanidine groups is 1. The van der Waals surface area contributed by atoms with Gasteiger partial charge in [-0.15, -0.1) is 6.58 Å². The van der Waals surface area contributed by atoms with Gasteiger partial charge in [0, 0.05) is 37.6 Å². The summed E-state index contributed by atoms with van der Waals surface area (Å²) in [6, 6.07) is 22.1. The van der Waals surface area contributed by atoms with Crippen molar-refractivity contribution in [1.82, 2.24) is 4.31 Å². The van der Waals surface area contributed by atoms with E-state index < -0.39 is 15.3 Å². The third-order valence-electron chi connectivity index (χ3n) is 7.11. The molecule has 2 atom stereocenters. The Morgan fingerprint density at radius 3 is 2.47 bits per heavy atom. The maximum atomic E-state index is 13.7. The second kappa shape index (κ2) is 9.98. The highest BCUT2D eigenvalue weighted by atomic mass is 32.2. The zero-order chi connectivity index (χ0) is 27.0. The van der Waals surface area contributed by atoms with Crippen LogP contribution < -0.4 is 15.5 Å². The number of anilines is 2. The van der Waals surface area contributed by atoms with E-state index in [1.807, 2.05) is 85.7 Å². The van der Waals surface area contributed by atoms with Gasteiger partial charge in [0.2, 0.25) is 16.0 Å². The summed E-state index contributed by atoms with van der Waals surface area (Å²) in [6.07, 6.45) is 2.06. The molecular formula is C29H31N5O3S. The van der Waals surface area contributed by atoms with Gasteiger partial charge in [0.25, 0.3) is 5.91 Å². The van der Waals surface area contributed by atoms with Crippen LogP contribution in [0.5, 0.6) is 0 Å². The number of rotatable bonds is 7. The van der Waals surface area contributed by atoms with Crippen LogP contribution in [-0.4, -0.2) is 51.8 Å². The second-order valence-electron chi connectivity index (χ2n) is 9.68. The number of amides is 1. The molecule has 0 aliphatic carbocycles. The van der Waals surface area contributed by atoms with Crippen molar-refractivity contribution in [2.75, 3.05) is 37.0 Å². The third-order valence-corrected chi connectivity index (χ3v) is 9.17. The molecule has 0 bridgehead atoms. The van der Waals surface area contributed by atoms with Gasteiger partial charge in [0.1, 0.15) is 5.25 Å². The first kappa shape index (κ1) is 25.5. The number of carbonyl (C=O) groups excluding carboxylic acids is 1. The van der Waals surface area contributed by atoms with Crippen LogP contribution in [0.4, 0.5) is 11.4 Å². The molecule has 38 heavy (non-hydrogen) atoms. The van der Waals surface area contributed by atoms with E-state index in [-0.39, 0.29) is 24.5 Å². The van der Waals surface area contributed by atoms with E-state index in [4.69, 9.17) is 5.73 Å². The Labute approximate surface area is 223 Å². The average molecular weight is 530 g/mol. The first-order valence-corrected chi connectivity index (χ1v) is 14.0. The van der Waals surface area contributed by atoms with Crippen molar-refractivity contribution in [3.05, 3.63) is 108 Å². The summed E-state index contributed by atoms with van der Waals surface area (Å²) in [6.45, 7) is 4.49. The van der Waals surface area contributed by atoms with Gasteiger partial charge >= 0.3 is 0 Å². The van der Waals surface area contributed by atoms with E-state index >= 15 is 0 Å². The van der Waals surface area contributed by atoms with Crippen LogP contribution in [-0.2, 0) is 16.4 Å². The van der Waals surface area contributed by atoms with Crippen molar-refractivity contribution in [1.29, 1.82) is 0 Å². The van der Waals surface area contributed by atoms with Crippen LogP contribution >= 0.6 is 0 Å². The zero-order valence-electron chi connectivity index (χ0n) is 21.5. The number of sulfonamides is 1. The third kappa shape index (κ3) is 4.54. The molecule has 2 heterocycles. The SMILES string of the molecule is C=CC(c1ccc2c(c1)CCN2C(=O)c1ccc(N(C)C)cc1)S(=O)(=O)N1CC(c2ccccc2)N=C1N. The van der Waals surface area contributed by atoms with Crippen molar-refractivity contribution in [3.8, 4) is 0 Å². The molecule has 5 rings (SSSR count). The normalized spacial score (nSPS) is 17.6. The van der Waals surface area contributed by atoms with E-state index in [2.05, 4.69) is 11.6 Å². The molecule has 8 nitrogen and oxygen atoms in total. The first-order chi connectivity index (χ1) is 18.2. The van der Waals surface area contributed by atoms with Gasteiger partial charge < -0.3 is 15.5 Å². The molecule has 0 spiro atoms. The van der Waals surface area contributed by atoms with Gasteiger partial charge in [0.05, 0.1) is 12.6 Å². The summed E-state index contributed by atoms with van der Waals surface area (Å²) in [5.41, 5.74) is 10.9. The molecule has 0 fully saturated rings. The van der Waals surface area contributed by atoms with Crippen molar-refractivity contribution < 1.29 is 13.2 Å². The summed E-state index contributed by atoms with van der Waals surface area (Å²) in [4.78, 5) is 21.4. The Morgan fingerprint density at radius 1 is 1.11 bits per heavy atom. The van der Waals surface area contributed by atoms with Crippen LogP contribution in [0, 0.1) is 0 Å². The number of benzene rings is 3. The molecule has 2 aliphatic heterocycles. The van der Waals surface area contributed by atoms with Crippen LogP contribution in [0.1, 0.15) is 38.3 Å². The number of fused-ring (bicyclic) bond motifs is 1. The smallest absolute Gasteiger partial charge is 0.258 e. The Balaban J connectivity index is 1.37. The molecule has 9 heteroatoms. The minimum atomic E-state index is -3.92. The molecule has 0 saturated carbocycles. The number of hydrogen-bond acceptors (Lipinski definition) is 6. The lowest BCUT2D eigenvalue weighted by atomic mass is 10.1. The molecule has 0 radical (unpaired) electrons. The fourth-order valence-corrected chi connectivity index (χ4v) is 6.70. The molecule has 3 aromatic rings. The number of nitrogens with two attached hydrogens (primary N) is 1. The van der Waals surface area contributed by atoms with Crippen LogP contribution in [0.3, 0.4) is 0 Å². The highest BCUT2D eigenvalue weighted by Crippen LogP contribution is 2.36. The highest BCUT2D eigenvalue weighted by molar-refractivity contribution is 7.90. The minimum Gasteiger partial charge on any atom is -0.378 e. The van der Waals surface area contributed by atoms with Gasteiger partial charge in [-0.25, -0.2) is 17.7 Å². The number of aliphatic imine (C=N–C) groups is 1. The summed E-state index contributed by atoms with van der Waals surface area (Å²) >= 11 is 0. The maximum absolute atomic E-state index is 13.7. The average Bonchev–Trinajstić information content (AvgIpc) is 3.53. The number of hydrogen-bond donors (Lipinski definition) is 1. The first-order valence-electron chi connectivity index (χ1n) is 12.4. The topological polar surface area (TPSA) is 99.3 Å². The van der Waals surface area contributed by atoms with Crippen molar-refractivity contribution in [2.45, 2.75) is 17.7 Å². The van der Waals surface area contributed by atoms with Crippen molar-refractivity contribution in [3.63, 3.8) is 0 Å². The Bertz CT molecular complexity index is 1500. The monoisotopic (exact) mass is 529 g/mol. The zero-order valence-corrected chi connectivity index (χ0v) is 22.3. The highest BCUT2D eigenvalue weighted by Gasteiger charge is 2.39. The van der Waals surface area contributed by atoms with Gasteiger partial charge in [-0.3, -0.25) is 4.79 Å². The van der Waals surface area contributed by atoms with Crippen LogP contribution in [0.25, 0.3) is 0 Å². The number of nitrogens with zero attached hydrogens (tertiary/aromatic N) is 4. The van der Waals surface area contributed by atoms with Crippen LogP contribution in [0.2, 0.25) is 0 Å². The number of carbonyl (C=O) groups is 1. The largest absolute Gasteiger partial charge is 0.378 e. The second-order valence-corrected chi connectivity index (χ2v) is 11.7. The molecule has 1 amide bonds. The van der Waals surface area contributed by atoms with E-state index in [9.17, 15) is 13.2 Å². The molecule has 0 saturated heterocycles. The lowest BCUT2D eigenvalue weighted by molar-refractivity contribution is 0.0989. The molecule has 0 aromatic heterocycles. The molecule has 2 unspecified atom stereocenters. The van der Waals surface area contributed by atoms with E-state index in [1.165, 1.54) is 10.4 Å². The maximum Gasteiger partial charge on any atom is 0.258 e. The Hall–Kier alpha value is -4.11. The summed E-state index contributed by atoms with van der Waals surface area (Å²) in [5.74, 6) is -0.105. The fraction of sp³-hybridized carbons (Fsp3) is 0.241. The Kier molecular flexibility index (Phi) is 6.71. The summed E-state index contributed by atoms with van der Waals surface area (Å²) in [7, 11) is -0.0151. The molecular weight excluding hydrogens is 498 g/mol. The van der Waals surface area contributed by atoms with Crippen molar-refractivity contribution in [2.24, 2.45) is 10.7 Å². The van der Waals surface area contributed by atoms with E-state index in [0.717, 1.165) is 22.5 Å². The fourth-order valence-electron chi connectivity index (χ4n) is 5.04. The predicted octanol–water partition coefficient (Wildman–Crippen LogP) is 3.88. The standard InChI is InChI=1S/C29H31N5O3S/c1-4-27(38(36,37)34-19-25(31-29(34)30)20-8-6-5-7-9-20)23-12-15-26-22(18-23)16-17-33(26)28(35)21-10-13-24(14-11-21)32(2)3/h4-15,18,25,27H,1,16-17,19H2,2-3H3,(H2,30,31). The van der Waals surface area contributed by atoms with Gasteiger partial charge in [-0.1, -0.05) is 48.5 Å². The summed E-state index contributed by atoms with van der Waals surface area (Å²) < 4.78 is 28.6. The Morgan fingerprint density at radius 2 is 1.82 bits per heavy atom. The van der Waals surface area contributed by atoms with Gasteiger partial charge in [-0.2, -0.15) is 0 Å². The lowest BCUT2D eigenvalue weighted by Gasteiger charge is -2.24. The minimum absolute atomic E-state index is 0.0241. The van der Waals surface area contributed by atoms with E-state index in [1.54, 1.807) is 11.0 Å². The molecule has 2 N–H and O–H groups in total. The lowest BCUT2D eigenvalue weighted by Crippen LogP contribution is -2.41. The summed E-state index contributed by atoms with van der Waals surface area (Å²) in [5, 5.41) is -1.00. The predicted molar refractivity (Wildman–Crippen MR) is 152 cm³/mol. The van der Waals surface area contributed by atoms with Crippen molar-refractivity contribution >= 4 is 33.3 Å². The van der Waals surface area contributed by atoms with E-state index in [0.29, 0.717) is 24.1 Å². The van der Waals surface area contributed by atoms with Gasteiger partial charge in [-0.05, 0) is 53.4 Å².